The molecule has 0 amide bonds. The fraction of sp³-hybridized carbons (Fsp3) is 0. The lowest BCUT2D eigenvalue weighted by molar-refractivity contribution is 0.923. The first kappa shape index (κ1) is 8.92. The Morgan fingerprint density at radius 3 is 2.67 bits per heavy atom. The van der Waals surface area contributed by atoms with Gasteiger partial charge in [0.15, 0.2) is 6.07 Å². The van der Waals surface area contributed by atoms with E-state index < -0.39 is 0 Å². The van der Waals surface area contributed by atoms with Crippen molar-refractivity contribution < 1.29 is 0 Å². The van der Waals surface area contributed by atoms with Gasteiger partial charge in [0.1, 0.15) is 6.33 Å². The quantitative estimate of drug-likeness (QED) is 0.623. The molecular formula is C10H5N5. The molecule has 0 radical (unpaired) electrons. The molecule has 0 fully saturated rings. The molecule has 0 bridgehead atoms. The molecule has 5 heteroatoms. The first-order chi connectivity index (χ1) is 7.40. The highest BCUT2D eigenvalue weighted by Gasteiger charge is 1.97. The molecule has 2 heterocycles. The van der Waals surface area contributed by atoms with E-state index in [1.54, 1.807) is 41.8 Å². The van der Waals surface area contributed by atoms with Crippen LogP contribution in [0, 0.1) is 23.2 Å². The van der Waals surface area contributed by atoms with Gasteiger partial charge >= 0.3 is 0 Å². The Morgan fingerprint density at radius 1 is 1.27 bits per heavy atom. The number of nitriles is 1. The molecule has 0 aliphatic heterocycles. The van der Waals surface area contributed by atoms with E-state index >= 15 is 0 Å². The normalized spacial score (nSPS) is 8.73. The Hall–Kier alpha value is -2.66. The van der Waals surface area contributed by atoms with Crippen LogP contribution in [0.5, 0.6) is 0 Å². The summed E-state index contributed by atoms with van der Waals surface area (Å²) < 4.78 is 1.68. The van der Waals surface area contributed by atoms with Crippen LogP contribution in [-0.4, -0.2) is 19.5 Å². The first-order valence-electron chi connectivity index (χ1n) is 4.10. The summed E-state index contributed by atoms with van der Waals surface area (Å²) in [5, 5.41) is 8.26. The lowest BCUT2D eigenvalue weighted by atomic mass is 10.3. The van der Waals surface area contributed by atoms with Crippen LogP contribution < -0.4 is 0 Å². The maximum absolute atomic E-state index is 8.26. The van der Waals surface area contributed by atoms with Crippen LogP contribution in [0.3, 0.4) is 0 Å². The lowest BCUT2D eigenvalue weighted by Crippen LogP contribution is -1.97. The Kier molecular flexibility index (Phi) is 2.40. The van der Waals surface area contributed by atoms with Crippen molar-refractivity contribution in [3.05, 3.63) is 36.7 Å². The standard InChI is InChI=1S/C10H5N5/c11-3-1-2-9-6-13-10(14-7-9)15-5-4-12-8-15/h4-8H. The van der Waals surface area contributed by atoms with E-state index in [1.165, 1.54) is 0 Å². The topological polar surface area (TPSA) is 67.4 Å². The number of hydrogen-bond acceptors (Lipinski definition) is 4. The second kappa shape index (κ2) is 4.03. The highest BCUT2D eigenvalue weighted by Crippen LogP contribution is 1.99. The van der Waals surface area contributed by atoms with Gasteiger partial charge in [-0.05, 0) is 5.92 Å². The summed E-state index contributed by atoms with van der Waals surface area (Å²) in [4.78, 5) is 12.0. The van der Waals surface area contributed by atoms with E-state index in [0.29, 0.717) is 11.5 Å². The molecular weight excluding hydrogens is 190 g/mol. The Labute approximate surface area is 86.1 Å². The number of hydrogen-bond donors (Lipinski definition) is 0. The highest BCUT2D eigenvalue weighted by molar-refractivity contribution is 5.35. The smallest absolute Gasteiger partial charge is 0.234 e. The fourth-order valence-corrected chi connectivity index (χ4v) is 0.997. The molecule has 0 unspecified atom stereocenters. The highest BCUT2D eigenvalue weighted by atomic mass is 15.2. The largest absolute Gasteiger partial charge is 0.274 e. The van der Waals surface area contributed by atoms with Gasteiger partial charge in [0.2, 0.25) is 5.95 Å². The van der Waals surface area contributed by atoms with Crippen LogP contribution in [-0.2, 0) is 0 Å². The molecule has 15 heavy (non-hydrogen) atoms. The molecule has 2 aromatic heterocycles. The van der Waals surface area contributed by atoms with Crippen LogP contribution in [0.2, 0.25) is 0 Å². The van der Waals surface area contributed by atoms with Crippen molar-refractivity contribution in [2.75, 3.05) is 0 Å². The van der Waals surface area contributed by atoms with Crippen molar-refractivity contribution in [2.45, 2.75) is 0 Å². The molecule has 0 saturated carbocycles. The summed E-state index contributed by atoms with van der Waals surface area (Å²) in [5.41, 5.74) is 0.611. The van der Waals surface area contributed by atoms with Gasteiger partial charge in [0.05, 0.1) is 5.56 Å². The minimum atomic E-state index is 0.523. The average Bonchev–Trinajstić information content (AvgIpc) is 2.80. The number of nitrogens with zero attached hydrogens (tertiary/aromatic N) is 5. The SMILES string of the molecule is N#CC#Cc1cnc(-n2ccnc2)nc1. The van der Waals surface area contributed by atoms with Gasteiger partial charge in [0.25, 0.3) is 0 Å². The molecule has 2 rings (SSSR count). The zero-order valence-electron chi connectivity index (χ0n) is 7.62. The van der Waals surface area contributed by atoms with Gasteiger partial charge in [-0.2, -0.15) is 5.26 Å². The molecule has 5 nitrogen and oxygen atoms in total. The summed E-state index contributed by atoms with van der Waals surface area (Å²) in [6.07, 6.45) is 8.12. The Balaban J connectivity index is 2.30. The van der Waals surface area contributed by atoms with Crippen LogP contribution in [0.25, 0.3) is 5.95 Å². The number of imidazole rings is 1. The minimum Gasteiger partial charge on any atom is -0.274 e. The van der Waals surface area contributed by atoms with Crippen molar-refractivity contribution in [2.24, 2.45) is 0 Å². The third-order valence-electron chi connectivity index (χ3n) is 1.64. The van der Waals surface area contributed by atoms with E-state index in [-0.39, 0.29) is 0 Å². The second-order valence-corrected chi connectivity index (χ2v) is 2.60. The van der Waals surface area contributed by atoms with Crippen molar-refractivity contribution in [1.29, 1.82) is 5.26 Å². The summed E-state index contributed by atoms with van der Waals surface area (Å²) in [6.45, 7) is 0. The van der Waals surface area contributed by atoms with E-state index in [4.69, 9.17) is 5.26 Å². The third kappa shape index (κ3) is 1.98. The molecule has 0 aliphatic rings. The monoisotopic (exact) mass is 195 g/mol. The van der Waals surface area contributed by atoms with Gasteiger partial charge in [-0.25, -0.2) is 15.0 Å². The predicted molar refractivity (Wildman–Crippen MR) is 51.6 cm³/mol. The molecule has 70 valence electrons. The molecule has 0 atom stereocenters. The van der Waals surface area contributed by atoms with Crippen LogP contribution >= 0.6 is 0 Å². The van der Waals surface area contributed by atoms with Gasteiger partial charge < -0.3 is 0 Å². The molecule has 0 spiro atoms. The van der Waals surface area contributed by atoms with Crippen molar-refractivity contribution in [3.63, 3.8) is 0 Å². The first-order valence-corrected chi connectivity index (χ1v) is 4.10. The van der Waals surface area contributed by atoms with Gasteiger partial charge in [-0.1, -0.05) is 0 Å². The maximum Gasteiger partial charge on any atom is 0.234 e. The van der Waals surface area contributed by atoms with Crippen molar-refractivity contribution >= 4 is 0 Å². The van der Waals surface area contributed by atoms with E-state index in [9.17, 15) is 0 Å². The van der Waals surface area contributed by atoms with E-state index in [2.05, 4.69) is 26.8 Å². The van der Waals surface area contributed by atoms with Crippen LogP contribution in [0.4, 0.5) is 0 Å². The molecule has 2 aromatic rings. The second-order valence-electron chi connectivity index (χ2n) is 2.60. The van der Waals surface area contributed by atoms with Crippen molar-refractivity contribution in [3.8, 4) is 23.9 Å². The molecule has 0 N–H and O–H groups in total. The number of aromatic nitrogens is 4. The molecule has 0 saturated heterocycles. The summed E-state index contributed by atoms with van der Waals surface area (Å²) in [6, 6.07) is 1.73. The van der Waals surface area contributed by atoms with E-state index in [0.717, 1.165) is 0 Å². The Morgan fingerprint density at radius 2 is 2.07 bits per heavy atom. The van der Waals surface area contributed by atoms with Gasteiger partial charge in [0, 0.05) is 30.7 Å². The van der Waals surface area contributed by atoms with Crippen LogP contribution in [0.15, 0.2) is 31.1 Å². The van der Waals surface area contributed by atoms with Crippen molar-refractivity contribution in [1.82, 2.24) is 19.5 Å². The summed E-state index contributed by atoms with van der Waals surface area (Å²) in [5.74, 6) is 5.40. The zero-order valence-corrected chi connectivity index (χ0v) is 7.62. The average molecular weight is 195 g/mol. The zero-order chi connectivity index (χ0) is 10.5. The van der Waals surface area contributed by atoms with Crippen LogP contribution in [0.1, 0.15) is 5.56 Å². The van der Waals surface area contributed by atoms with Gasteiger partial charge in [-0.3, -0.25) is 4.57 Å². The summed E-state index contributed by atoms with van der Waals surface area (Å²) >= 11 is 0. The molecule has 0 aromatic carbocycles. The van der Waals surface area contributed by atoms with Gasteiger partial charge in [-0.15, -0.1) is 0 Å². The Bertz CT molecular complexity index is 536. The maximum atomic E-state index is 8.26. The number of rotatable bonds is 1. The van der Waals surface area contributed by atoms with E-state index in [1.807, 2.05) is 0 Å². The summed E-state index contributed by atoms with van der Waals surface area (Å²) in [7, 11) is 0. The fourth-order valence-electron chi connectivity index (χ4n) is 0.997. The minimum absolute atomic E-state index is 0.523. The molecule has 0 aliphatic carbocycles. The predicted octanol–water partition coefficient (Wildman–Crippen LogP) is 0.537. The third-order valence-corrected chi connectivity index (χ3v) is 1.64. The lowest BCUT2D eigenvalue weighted by Gasteiger charge is -1.97.